The third-order valence-electron chi connectivity index (χ3n) is 1.99. The van der Waals surface area contributed by atoms with Crippen molar-refractivity contribution < 1.29 is 4.79 Å². The van der Waals surface area contributed by atoms with Crippen LogP contribution in [0.3, 0.4) is 0 Å². The molecular weight excluding hydrogens is 198 g/mol. The number of nitrogens with zero attached hydrogens (tertiary/aromatic N) is 1. The van der Waals surface area contributed by atoms with Crippen molar-refractivity contribution in [1.82, 2.24) is 4.98 Å². The van der Waals surface area contributed by atoms with Crippen molar-refractivity contribution in [3.05, 3.63) is 23.3 Å². The predicted octanol–water partition coefficient (Wildman–Crippen LogP) is 1.29. The lowest BCUT2D eigenvalue weighted by molar-refractivity contribution is 0.100. The number of anilines is 1. The topological polar surface area (TPSA) is 82.0 Å². The highest BCUT2D eigenvalue weighted by molar-refractivity contribution is 7.22. The molecule has 0 spiro atoms. The number of amides is 1. The van der Waals surface area contributed by atoms with Gasteiger partial charge in [0.15, 0.2) is 5.13 Å². The molecule has 0 saturated heterocycles. The van der Waals surface area contributed by atoms with Crippen LogP contribution in [0.2, 0.25) is 0 Å². The molecule has 0 fully saturated rings. The summed E-state index contributed by atoms with van der Waals surface area (Å²) >= 11 is 1.36. The molecule has 0 saturated carbocycles. The summed E-state index contributed by atoms with van der Waals surface area (Å²) in [5.74, 6) is -0.429. The fourth-order valence-corrected chi connectivity index (χ4v) is 2.21. The Morgan fingerprint density at radius 3 is 2.86 bits per heavy atom. The van der Waals surface area contributed by atoms with Gasteiger partial charge in [-0.2, -0.15) is 0 Å². The summed E-state index contributed by atoms with van der Waals surface area (Å²) in [7, 11) is 0. The van der Waals surface area contributed by atoms with E-state index in [0.717, 1.165) is 15.8 Å². The number of hydrogen-bond acceptors (Lipinski definition) is 4. The molecule has 0 unspecified atom stereocenters. The van der Waals surface area contributed by atoms with Gasteiger partial charge in [-0.25, -0.2) is 4.98 Å². The number of primary amides is 1. The fraction of sp³-hybridized carbons (Fsp3) is 0.111. The van der Waals surface area contributed by atoms with Crippen molar-refractivity contribution in [2.24, 2.45) is 5.73 Å². The van der Waals surface area contributed by atoms with E-state index in [0.29, 0.717) is 10.7 Å². The van der Waals surface area contributed by atoms with Crippen LogP contribution in [0, 0.1) is 6.92 Å². The first-order valence-corrected chi connectivity index (χ1v) is 4.86. The van der Waals surface area contributed by atoms with Crippen LogP contribution in [0.5, 0.6) is 0 Å². The number of nitrogens with two attached hydrogens (primary N) is 2. The number of thiazole rings is 1. The summed E-state index contributed by atoms with van der Waals surface area (Å²) in [6.45, 7) is 1.88. The number of carbonyl (C=O) groups excluding carboxylic acids is 1. The fourth-order valence-electron chi connectivity index (χ4n) is 1.36. The van der Waals surface area contributed by atoms with E-state index >= 15 is 0 Å². The lowest BCUT2D eigenvalue weighted by Crippen LogP contribution is -2.10. The molecule has 4 nitrogen and oxygen atoms in total. The molecule has 0 bridgehead atoms. The number of fused-ring (bicyclic) bond motifs is 1. The van der Waals surface area contributed by atoms with E-state index in [2.05, 4.69) is 4.98 Å². The van der Waals surface area contributed by atoms with Gasteiger partial charge in [0.05, 0.1) is 10.2 Å². The molecule has 0 aliphatic heterocycles. The molecular formula is C9H9N3OS. The Hall–Kier alpha value is -1.62. The van der Waals surface area contributed by atoms with Gasteiger partial charge in [-0.15, -0.1) is 0 Å². The lowest BCUT2D eigenvalue weighted by atomic mass is 10.1. The molecule has 2 aromatic rings. The number of aryl methyl sites for hydroxylation is 1. The highest BCUT2D eigenvalue weighted by Gasteiger charge is 2.08. The molecule has 5 heteroatoms. The zero-order valence-electron chi connectivity index (χ0n) is 7.57. The predicted molar refractivity (Wildman–Crippen MR) is 57.3 cm³/mol. The van der Waals surface area contributed by atoms with E-state index < -0.39 is 5.91 Å². The van der Waals surface area contributed by atoms with Crippen molar-refractivity contribution in [2.45, 2.75) is 6.92 Å². The zero-order chi connectivity index (χ0) is 10.3. The number of rotatable bonds is 1. The van der Waals surface area contributed by atoms with Gasteiger partial charge in [-0.05, 0) is 24.6 Å². The van der Waals surface area contributed by atoms with Crippen LogP contribution in [0.1, 0.15) is 15.9 Å². The van der Waals surface area contributed by atoms with Gasteiger partial charge in [0, 0.05) is 5.56 Å². The molecule has 1 aromatic heterocycles. The summed E-state index contributed by atoms with van der Waals surface area (Å²) in [5.41, 5.74) is 13.0. The average molecular weight is 207 g/mol. The minimum absolute atomic E-state index is 0.429. The van der Waals surface area contributed by atoms with Gasteiger partial charge in [-0.3, -0.25) is 4.79 Å². The van der Waals surface area contributed by atoms with Crippen molar-refractivity contribution in [2.75, 3.05) is 5.73 Å². The quantitative estimate of drug-likeness (QED) is 0.739. The van der Waals surface area contributed by atoms with E-state index in [-0.39, 0.29) is 0 Å². The maximum absolute atomic E-state index is 11.0. The van der Waals surface area contributed by atoms with Crippen molar-refractivity contribution in [1.29, 1.82) is 0 Å². The molecule has 1 aromatic carbocycles. The molecule has 4 N–H and O–H groups in total. The highest BCUT2D eigenvalue weighted by atomic mass is 32.1. The maximum atomic E-state index is 11.0. The second-order valence-corrected chi connectivity index (χ2v) is 4.12. The number of hydrogen-bond donors (Lipinski definition) is 2. The van der Waals surface area contributed by atoms with Crippen LogP contribution >= 0.6 is 11.3 Å². The first-order chi connectivity index (χ1) is 6.58. The Morgan fingerprint density at radius 1 is 1.50 bits per heavy atom. The normalized spacial score (nSPS) is 10.6. The third-order valence-corrected chi connectivity index (χ3v) is 2.82. The average Bonchev–Trinajstić information content (AvgIpc) is 2.45. The molecule has 0 atom stereocenters. The zero-order valence-corrected chi connectivity index (χ0v) is 8.39. The van der Waals surface area contributed by atoms with Crippen LogP contribution in [0.25, 0.3) is 10.2 Å². The SMILES string of the molecule is Cc1cc(C(N)=O)cc2sc(N)nc12. The van der Waals surface area contributed by atoms with Crippen LogP contribution in [0.4, 0.5) is 5.13 Å². The van der Waals surface area contributed by atoms with E-state index in [4.69, 9.17) is 11.5 Å². The molecule has 0 radical (unpaired) electrons. The van der Waals surface area contributed by atoms with Gasteiger partial charge in [0.1, 0.15) is 0 Å². The van der Waals surface area contributed by atoms with Crippen LogP contribution in [0.15, 0.2) is 12.1 Å². The van der Waals surface area contributed by atoms with Crippen LogP contribution in [-0.2, 0) is 0 Å². The van der Waals surface area contributed by atoms with Gasteiger partial charge < -0.3 is 11.5 Å². The van der Waals surface area contributed by atoms with Crippen molar-refractivity contribution in [3.8, 4) is 0 Å². The molecule has 14 heavy (non-hydrogen) atoms. The van der Waals surface area contributed by atoms with Crippen LogP contribution < -0.4 is 11.5 Å². The standard InChI is InChI=1S/C9H9N3OS/c1-4-2-5(8(10)13)3-6-7(4)12-9(11)14-6/h2-3H,1H3,(H2,10,13)(H2,11,12). The summed E-state index contributed by atoms with van der Waals surface area (Å²) in [6.07, 6.45) is 0. The summed E-state index contributed by atoms with van der Waals surface area (Å²) in [4.78, 5) is 15.1. The minimum atomic E-state index is -0.429. The maximum Gasteiger partial charge on any atom is 0.248 e. The number of nitrogen functional groups attached to an aromatic ring is 1. The molecule has 1 heterocycles. The van der Waals surface area contributed by atoms with E-state index in [1.54, 1.807) is 12.1 Å². The first-order valence-electron chi connectivity index (χ1n) is 4.04. The monoisotopic (exact) mass is 207 g/mol. The van der Waals surface area contributed by atoms with Crippen LogP contribution in [-0.4, -0.2) is 10.9 Å². The van der Waals surface area contributed by atoms with E-state index in [1.807, 2.05) is 6.92 Å². The van der Waals surface area contributed by atoms with Gasteiger partial charge >= 0.3 is 0 Å². The second-order valence-electron chi connectivity index (χ2n) is 3.06. The van der Waals surface area contributed by atoms with E-state index in [1.165, 1.54) is 11.3 Å². The van der Waals surface area contributed by atoms with Gasteiger partial charge in [0.2, 0.25) is 5.91 Å². The molecule has 0 aliphatic rings. The highest BCUT2D eigenvalue weighted by Crippen LogP contribution is 2.27. The minimum Gasteiger partial charge on any atom is -0.375 e. The Balaban J connectivity index is 2.77. The Bertz CT molecular complexity index is 518. The number of carbonyl (C=O) groups is 1. The molecule has 1 amide bonds. The lowest BCUT2D eigenvalue weighted by Gasteiger charge is -1.98. The third kappa shape index (κ3) is 1.31. The Kier molecular flexibility index (Phi) is 1.89. The Morgan fingerprint density at radius 2 is 2.21 bits per heavy atom. The Labute approximate surface area is 84.5 Å². The van der Waals surface area contributed by atoms with Crippen molar-refractivity contribution >= 4 is 32.6 Å². The van der Waals surface area contributed by atoms with E-state index in [9.17, 15) is 4.79 Å². The second kappa shape index (κ2) is 2.95. The molecule has 2 rings (SSSR count). The summed E-state index contributed by atoms with van der Waals surface area (Å²) in [5, 5.41) is 0.504. The molecule has 0 aliphatic carbocycles. The van der Waals surface area contributed by atoms with Crippen molar-refractivity contribution in [3.63, 3.8) is 0 Å². The number of benzene rings is 1. The summed E-state index contributed by atoms with van der Waals surface area (Å²) in [6, 6.07) is 3.45. The summed E-state index contributed by atoms with van der Waals surface area (Å²) < 4.78 is 0.899. The molecule has 72 valence electrons. The largest absolute Gasteiger partial charge is 0.375 e. The van der Waals surface area contributed by atoms with Gasteiger partial charge in [0.25, 0.3) is 0 Å². The van der Waals surface area contributed by atoms with Gasteiger partial charge in [-0.1, -0.05) is 11.3 Å². The number of aromatic nitrogens is 1. The smallest absolute Gasteiger partial charge is 0.248 e. The first kappa shape index (κ1) is 8.96.